The van der Waals surface area contributed by atoms with E-state index >= 15 is 0 Å². The third-order valence-corrected chi connectivity index (χ3v) is 3.15. The van der Waals surface area contributed by atoms with E-state index in [-0.39, 0.29) is 16.7 Å². The molecule has 0 aliphatic rings. The molecule has 0 spiro atoms. The lowest BCUT2D eigenvalue weighted by molar-refractivity contribution is 0.102. The molecule has 0 heterocycles. The van der Waals surface area contributed by atoms with Gasteiger partial charge in [-0.3, -0.25) is 4.79 Å². The second kappa shape index (κ2) is 6.34. The quantitative estimate of drug-likeness (QED) is 0.733. The molecule has 0 unspecified atom stereocenters. The van der Waals surface area contributed by atoms with Crippen molar-refractivity contribution in [2.45, 2.75) is 0 Å². The van der Waals surface area contributed by atoms with Gasteiger partial charge in [0.2, 0.25) is 0 Å². The van der Waals surface area contributed by atoms with Crippen molar-refractivity contribution < 1.29 is 23.6 Å². The first-order valence-corrected chi connectivity index (χ1v) is 6.59. The molecule has 0 aromatic heterocycles. The molecule has 0 atom stereocenters. The Morgan fingerprint density at radius 3 is 2.48 bits per heavy atom. The fourth-order valence-electron chi connectivity index (χ4n) is 1.68. The molecule has 0 bridgehead atoms. The first-order chi connectivity index (χ1) is 9.86. The summed E-state index contributed by atoms with van der Waals surface area (Å²) in [6.07, 6.45) is 0. The van der Waals surface area contributed by atoms with E-state index in [1.54, 1.807) is 0 Å². The van der Waals surface area contributed by atoms with Gasteiger partial charge in [0.1, 0.15) is 11.6 Å². The molecule has 0 aliphatic heterocycles. The summed E-state index contributed by atoms with van der Waals surface area (Å²) < 4.78 is 27.5. The molecule has 1 amide bonds. The summed E-state index contributed by atoms with van der Waals surface area (Å²) in [5, 5.41) is 20.3. The molecule has 0 saturated heterocycles. The Hall–Kier alpha value is -1.77. The number of rotatable bonds is 3. The minimum absolute atomic E-state index is 0.0708. The smallest absolute Gasteiger partial charge is 0.423 e. The summed E-state index contributed by atoms with van der Waals surface area (Å²) in [5.74, 6) is -2.23. The molecule has 3 N–H and O–H groups in total. The Bertz CT molecular complexity index is 697. The van der Waals surface area contributed by atoms with Crippen LogP contribution in [0.5, 0.6) is 0 Å². The van der Waals surface area contributed by atoms with Gasteiger partial charge in [0.25, 0.3) is 5.91 Å². The second-order valence-electron chi connectivity index (χ2n) is 4.23. The summed E-state index contributed by atoms with van der Waals surface area (Å²) in [4.78, 5) is 12.0. The SMILES string of the molecule is O=C(Nc1ccc(Br)cc1F)c1cc(F)cc(B(O)O)c1. The highest BCUT2D eigenvalue weighted by Gasteiger charge is 2.17. The number of anilines is 1. The van der Waals surface area contributed by atoms with Gasteiger partial charge in [-0.2, -0.15) is 0 Å². The normalized spacial score (nSPS) is 10.3. The number of carbonyl (C=O) groups excluding carboxylic acids is 1. The molecule has 108 valence electrons. The fraction of sp³-hybridized carbons (Fsp3) is 0. The van der Waals surface area contributed by atoms with E-state index in [1.807, 2.05) is 0 Å². The molecule has 2 aromatic rings. The molecule has 21 heavy (non-hydrogen) atoms. The van der Waals surface area contributed by atoms with Crippen LogP contribution in [0.25, 0.3) is 0 Å². The zero-order valence-electron chi connectivity index (χ0n) is 10.5. The van der Waals surface area contributed by atoms with Crippen molar-refractivity contribution in [3.05, 3.63) is 58.1 Å². The lowest BCUT2D eigenvalue weighted by Gasteiger charge is -2.08. The lowest BCUT2D eigenvalue weighted by Crippen LogP contribution is -2.31. The molecule has 8 heteroatoms. The van der Waals surface area contributed by atoms with E-state index < -0.39 is 24.7 Å². The van der Waals surface area contributed by atoms with E-state index in [0.29, 0.717) is 4.47 Å². The van der Waals surface area contributed by atoms with Crippen molar-refractivity contribution in [2.24, 2.45) is 0 Å². The highest BCUT2D eigenvalue weighted by molar-refractivity contribution is 9.10. The number of hydrogen-bond acceptors (Lipinski definition) is 3. The minimum Gasteiger partial charge on any atom is -0.423 e. The van der Waals surface area contributed by atoms with E-state index in [4.69, 9.17) is 10.0 Å². The van der Waals surface area contributed by atoms with Gasteiger partial charge in [-0.05, 0) is 41.9 Å². The largest absolute Gasteiger partial charge is 0.488 e. The summed E-state index contributed by atoms with van der Waals surface area (Å²) >= 11 is 3.08. The monoisotopic (exact) mass is 355 g/mol. The van der Waals surface area contributed by atoms with Crippen LogP contribution in [0.3, 0.4) is 0 Å². The maximum atomic E-state index is 13.6. The molecule has 4 nitrogen and oxygen atoms in total. The van der Waals surface area contributed by atoms with Gasteiger partial charge in [0.05, 0.1) is 5.69 Å². The molecular formula is C13H9BBrF2NO3. The van der Waals surface area contributed by atoms with E-state index in [9.17, 15) is 13.6 Å². The lowest BCUT2D eigenvalue weighted by atomic mass is 9.79. The first-order valence-electron chi connectivity index (χ1n) is 5.80. The molecule has 0 fully saturated rings. The Morgan fingerprint density at radius 2 is 1.86 bits per heavy atom. The Kier molecular flexibility index (Phi) is 4.71. The highest BCUT2D eigenvalue weighted by atomic mass is 79.9. The average Bonchev–Trinajstić information content (AvgIpc) is 2.41. The summed E-state index contributed by atoms with van der Waals surface area (Å²) in [6.45, 7) is 0. The van der Waals surface area contributed by atoms with Crippen LogP contribution in [0.4, 0.5) is 14.5 Å². The maximum absolute atomic E-state index is 13.6. The Balaban J connectivity index is 2.28. The summed E-state index contributed by atoms with van der Waals surface area (Å²) in [7, 11) is -1.91. The number of amides is 1. The van der Waals surface area contributed by atoms with Crippen LogP contribution in [0.15, 0.2) is 40.9 Å². The maximum Gasteiger partial charge on any atom is 0.488 e. The third-order valence-electron chi connectivity index (χ3n) is 2.66. The third kappa shape index (κ3) is 3.87. The molecule has 2 rings (SSSR count). The summed E-state index contributed by atoms with van der Waals surface area (Å²) in [6, 6.07) is 6.97. The molecule has 0 radical (unpaired) electrons. The van der Waals surface area contributed by atoms with Crippen LogP contribution in [0.1, 0.15) is 10.4 Å². The van der Waals surface area contributed by atoms with Gasteiger partial charge in [-0.25, -0.2) is 8.78 Å². The van der Waals surface area contributed by atoms with Crippen LogP contribution in [-0.2, 0) is 0 Å². The van der Waals surface area contributed by atoms with Crippen molar-refractivity contribution in [3.8, 4) is 0 Å². The minimum atomic E-state index is -1.91. The number of benzene rings is 2. The van der Waals surface area contributed by atoms with Gasteiger partial charge < -0.3 is 15.4 Å². The molecule has 0 saturated carbocycles. The van der Waals surface area contributed by atoms with Crippen LogP contribution >= 0.6 is 15.9 Å². The van der Waals surface area contributed by atoms with Gasteiger partial charge in [0.15, 0.2) is 0 Å². The predicted octanol–water partition coefficient (Wildman–Crippen LogP) is 1.66. The topological polar surface area (TPSA) is 69.6 Å². The van der Waals surface area contributed by atoms with E-state index in [2.05, 4.69) is 21.2 Å². The van der Waals surface area contributed by atoms with Gasteiger partial charge in [0, 0.05) is 10.0 Å². The molecule has 0 aliphatic carbocycles. The van der Waals surface area contributed by atoms with Crippen molar-refractivity contribution >= 4 is 40.1 Å². The number of halogens is 3. The van der Waals surface area contributed by atoms with Crippen LogP contribution < -0.4 is 10.8 Å². The molecule has 2 aromatic carbocycles. The zero-order chi connectivity index (χ0) is 15.6. The number of nitrogens with one attached hydrogen (secondary N) is 1. The van der Waals surface area contributed by atoms with Crippen molar-refractivity contribution in [2.75, 3.05) is 5.32 Å². The second-order valence-corrected chi connectivity index (χ2v) is 5.14. The van der Waals surface area contributed by atoms with Gasteiger partial charge >= 0.3 is 7.12 Å². The standard InChI is InChI=1S/C13H9BBrF2NO3/c15-9-1-2-12(11(17)6-9)18-13(19)7-3-8(14(20)21)5-10(16)4-7/h1-6,20-21H,(H,18,19). The fourth-order valence-corrected chi connectivity index (χ4v) is 2.01. The van der Waals surface area contributed by atoms with Crippen molar-refractivity contribution in [3.63, 3.8) is 0 Å². The van der Waals surface area contributed by atoms with Crippen LogP contribution in [0, 0.1) is 11.6 Å². The number of carbonyl (C=O) groups is 1. The zero-order valence-corrected chi connectivity index (χ0v) is 12.1. The first kappa shape index (κ1) is 15.6. The number of hydrogen-bond donors (Lipinski definition) is 3. The van der Waals surface area contributed by atoms with Crippen LogP contribution in [0.2, 0.25) is 0 Å². The van der Waals surface area contributed by atoms with E-state index in [1.165, 1.54) is 18.2 Å². The Morgan fingerprint density at radius 1 is 1.14 bits per heavy atom. The summed E-state index contributed by atoms with van der Waals surface area (Å²) in [5.41, 5.74) is -0.393. The van der Waals surface area contributed by atoms with Crippen LogP contribution in [-0.4, -0.2) is 23.1 Å². The average molecular weight is 356 g/mol. The van der Waals surface area contributed by atoms with Crippen molar-refractivity contribution in [1.82, 2.24) is 0 Å². The molecular weight excluding hydrogens is 347 g/mol. The van der Waals surface area contributed by atoms with Crippen molar-refractivity contribution in [1.29, 1.82) is 0 Å². The van der Waals surface area contributed by atoms with Gasteiger partial charge in [-0.1, -0.05) is 15.9 Å². The van der Waals surface area contributed by atoms with Gasteiger partial charge in [-0.15, -0.1) is 0 Å². The Labute approximate surface area is 127 Å². The highest BCUT2D eigenvalue weighted by Crippen LogP contribution is 2.20. The predicted molar refractivity (Wildman–Crippen MR) is 78.3 cm³/mol. The van der Waals surface area contributed by atoms with E-state index in [0.717, 1.165) is 18.2 Å².